The normalized spacial score (nSPS) is 10.3. The Hall–Kier alpha value is -0.720. The fraction of sp³-hybridized carbons (Fsp3) is 0. The van der Waals surface area contributed by atoms with Gasteiger partial charge in [-0.25, -0.2) is 4.39 Å². The summed E-state index contributed by atoms with van der Waals surface area (Å²) in [5.74, 6) is -0.807. The maximum Gasteiger partial charge on any atom is 0.266 e. The van der Waals surface area contributed by atoms with Crippen LogP contribution in [0.4, 0.5) is 10.1 Å². The molecule has 2 aromatic rings. The molecule has 0 aliphatic rings. The molecule has 1 amide bonds. The van der Waals surface area contributed by atoms with Crippen LogP contribution in [0.3, 0.4) is 0 Å². The van der Waals surface area contributed by atoms with E-state index in [1.807, 2.05) is 0 Å². The molecular formula is C11H6Br2FNOS. The fourth-order valence-electron chi connectivity index (χ4n) is 1.24. The first-order valence-electron chi connectivity index (χ1n) is 4.58. The third kappa shape index (κ3) is 2.75. The van der Waals surface area contributed by atoms with Crippen LogP contribution in [0.25, 0.3) is 0 Å². The topological polar surface area (TPSA) is 29.1 Å². The van der Waals surface area contributed by atoms with E-state index in [2.05, 4.69) is 37.2 Å². The van der Waals surface area contributed by atoms with Gasteiger partial charge in [0, 0.05) is 8.95 Å². The summed E-state index contributed by atoms with van der Waals surface area (Å²) >= 11 is 7.75. The van der Waals surface area contributed by atoms with E-state index in [0.29, 0.717) is 13.8 Å². The summed E-state index contributed by atoms with van der Waals surface area (Å²) in [6.45, 7) is 0. The van der Waals surface area contributed by atoms with Gasteiger partial charge in [0.15, 0.2) is 0 Å². The Kier molecular flexibility index (Phi) is 3.96. The maximum absolute atomic E-state index is 13.5. The van der Waals surface area contributed by atoms with Gasteiger partial charge < -0.3 is 5.32 Å². The van der Waals surface area contributed by atoms with Crippen LogP contribution in [0.15, 0.2) is 38.6 Å². The summed E-state index contributed by atoms with van der Waals surface area (Å²) in [7, 11) is 0. The van der Waals surface area contributed by atoms with Crippen molar-refractivity contribution in [2.45, 2.75) is 0 Å². The van der Waals surface area contributed by atoms with Crippen molar-refractivity contribution in [2.24, 2.45) is 0 Å². The van der Waals surface area contributed by atoms with E-state index >= 15 is 0 Å². The Morgan fingerprint density at radius 1 is 1.24 bits per heavy atom. The fourth-order valence-corrected chi connectivity index (χ4v) is 3.13. The molecule has 0 aliphatic carbocycles. The van der Waals surface area contributed by atoms with Gasteiger partial charge in [0.2, 0.25) is 0 Å². The third-order valence-electron chi connectivity index (χ3n) is 2.02. The van der Waals surface area contributed by atoms with Crippen LogP contribution < -0.4 is 5.32 Å². The highest BCUT2D eigenvalue weighted by Gasteiger charge is 2.15. The molecule has 0 atom stereocenters. The first-order valence-corrected chi connectivity index (χ1v) is 7.04. The van der Waals surface area contributed by atoms with E-state index in [4.69, 9.17) is 0 Å². The monoisotopic (exact) mass is 377 g/mol. The van der Waals surface area contributed by atoms with Gasteiger partial charge in [-0.05, 0) is 55.4 Å². The minimum atomic E-state index is -0.472. The second-order valence-electron chi connectivity index (χ2n) is 3.15. The smallest absolute Gasteiger partial charge is 0.266 e. The molecule has 0 aliphatic heterocycles. The van der Waals surface area contributed by atoms with E-state index in [1.54, 1.807) is 23.6 Å². The predicted octanol–water partition coefficient (Wildman–Crippen LogP) is 4.66. The van der Waals surface area contributed by atoms with Gasteiger partial charge >= 0.3 is 0 Å². The molecule has 1 aromatic carbocycles. The van der Waals surface area contributed by atoms with E-state index in [-0.39, 0.29) is 11.6 Å². The van der Waals surface area contributed by atoms with Crippen molar-refractivity contribution in [3.8, 4) is 0 Å². The highest BCUT2D eigenvalue weighted by molar-refractivity contribution is 9.11. The van der Waals surface area contributed by atoms with Gasteiger partial charge in [0.05, 0.1) is 5.69 Å². The molecule has 1 heterocycles. The van der Waals surface area contributed by atoms with Crippen molar-refractivity contribution in [3.05, 3.63) is 49.3 Å². The molecule has 0 fully saturated rings. The number of anilines is 1. The standard InChI is InChI=1S/C11H6Br2FNOS/c12-6-2-1-3-8(14)9(6)15-11(16)10-7(13)4-5-17-10/h1-5H,(H,15,16). The predicted molar refractivity (Wildman–Crippen MR) is 74.1 cm³/mol. The highest BCUT2D eigenvalue weighted by atomic mass is 79.9. The minimum Gasteiger partial charge on any atom is -0.318 e. The SMILES string of the molecule is O=C(Nc1c(F)cccc1Br)c1sccc1Br. The number of nitrogens with one attached hydrogen (secondary N) is 1. The minimum absolute atomic E-state index is 0.151. The number of para-hydroxylation sites is 1. The van der Waals surface area contributed by atoms with Crippen molar-refractivity contribution in [3.63, 3.8) is 0 Å². The average Bonchev–Trinajstić information content (AvgIpc) is 2.70. The number of rotatable bonds is 2. The van der Waals surface area contributed by atoms with Crippen LogP contribution in [0.2, 0.25) is 0 Å². The summed E-state index contributed by atoms with van der Waals surface area (Å²) < 4.78 is 14.7. The molecule has 1 aromatic heterocycles. The number of thiophene rings is 1. The highest BCUT2D eigenvalue weighted by Crippen LogP contribution is 2.28. The Morgan fingerprint density at radius 3 is 2.59 bits per heavy atom. The van der Waals surface area contributed by atoms with E-state index in [0.717, 1.165) is 0 Å². The molecule has 0 saturated heterocycles. The number of halogens is 3. The molecule has 0 saturated carbocycles. The second kappa shape index (κ2) is 5.29. The Balaban J connectivity index is 2.28. The Bertz CT molecular complexity index is 550. The van der Waals surface area contributed by atoms with Gasteiger partial charge in [0.1, 0.15) is 10.7 Å². The zero-order valence-corrected chi connectivity index (χ0v) is 12.3. The summed E-state index contributed by atoms with van der Waals surface area (Å²) in [5, 5.41) is 4.33. The Morgan fingerprint density at radius 2 is 2.00 bits per heavy atom. The summed E-state index contributed by atoms with van der Waals surface area (Å²) in [6, 6.07) is 6.30. The van der Waals surface area contributed by atoms with Crippen LogP contribution >= 0.6 is 43.2 Å². The van der Waals surface area contributed by atoms with Gasteiger partial charge in [-0.15, -0.1) is 11.3 Å². The van der Waals surface area contributed by atoms with Crippen molar-refractivity contribution in [2.75, 3.05) is 5.32 Å². The van der Waals surface area contributed by atoms with Crippen molar-refractivity contribution < 1.29 is 9.18 Å². The first kappa shape index (κ1) is 12.7. The Labute approximate surface area is 118 Å². The number of carbonyl (C=O) groups is 1. The zero-order chi connectivity index (χ0) is 12.4. The third-order valence-corrected chi connectivity index (χ3v) is 4.52. The number of hydrogen-bond acceptors (Lipinski definition) is 2. The van der Waals surface area contributed by atoms with Crippen molar-refractivity contribution in [1.82, 2.24) is 0 Å². The molecule has 2 nitrogen and oxygen atoms in total. The lowest BCUT2D eigenvalue weighted by atomic mass is 10.3. The van der Waals surface area contributed by atoms with E-state index in [9.17, 15) is 9.18 Å². The van der Waals surface area contributed by atoms with E-state index < -0.39 is 5.82 Å². The lowest BCUT2D eigenvalue weighted by molar-refractivity contribution is 0.102. The zero-order valence-electron chi connectivity index (χ0n) is 8.34. The largest absolute Gasteiger partial charge is 0.318 e. The second-order valence-corrected chi connectivity index (χ2v) is 5.77. The van der Waals surface area contributed by atoms with Gasteiger partial charge in [-0.1, -0.05) is 6.07 Å². The molecule has 6 heteroatoms. The van der Waals surface area contributed by atoms with Gasteiger partial charge in [-0.2, -0.15) is 0 Å². The maximum atomic E-state index is 13.5. The summed E-state index contributed by atoms with van der Waals surface area (Å²) in [5.41, 5.74) is 0.151. The summed E-state index contributed by atoms with van der Waals surface area (Å²) in [4.78, 5) is 12.4. The van der Waals surface area contributed by atoms with Crippen LogP contribution in [-0.4, -0.2) is 5.91 Å². The number of amides is 1. The van der Waals surface area contributed by atoms with Crippen LogP contribution in [0, 0.1) is 5.82 Å². The molecule has 0 radical (unpaired) electrons. The van der Waals surface area contributed by atoms with Crippen LogP contribution in [0.5, 0.6) is 0 Å². The number of carbonyl (C=O) groups excluding carboxylic acids is 1. The molecular weight excluding hydrogens is 373 g/mol. The average molecular weight is 379 g/mol. The van der Waals surface area contributed by atoms with Crippen molar-refractivity contribution in [1.29, 1.82) is 0 Å². The van der Waals surface area contributed by atoms with Crippen molar-refractivity contribution >= 4 is 54.8 Å². The molecule has 88 valence electrons. The molecule has 0 spiro atoms. The first-order chi connectivity index (χ1) is 8.09. The van der Waals surface area contributed by atoms with Crippen LogP contribution in [0.1, 0.15) is 9.67 Å². The lowest BCUT2D eigenvalue weighted by Gasteiger charge is -2.07. The summed E-state index contributed by atoms with van der Waals surface area (Å²) in [6.07, 6.45) is 0. The number of hydrogen-bond donors (Lipinski definition) is 1. The quantitative estimate of drug-likeness (QED) is 0.808. The van der Waals surface area contributed by atoms with Gasteiger partial charge in [-0.3, -0.25) is 4.79 Å². The van der Waals surface area contributed by atoms with Crippen LogP contribution in [-0.2, 0) is 0 Å². The molecule has 1 N–H and O–H groups in total. The lowest BCUT2D eigenvalue weighted by Crippen LogP contribution is -2.12. The number of benzene rings is 1. The molecule has 0 bridgehead atoms. The van der Waals surface area contributed by atoms with E-state index in [1.165, 1.54) is 17.4 Å². The van der Waals surface area contributed by atoms with Gasteiger partial charge in [0.25, 0.3) is 5.91 Å². The molecule has 2 rings (SSSR count). The molecule has 17 heavy (non-hydrogen) atoms. The molecule has 0 unspecified atom stereocenters.